The summed E-state index contributed by atoms with van der Waals surface area (Å²) < 4.78 is 9.35. The van der Waals surface area contributed by atoms with Gasteiger partial charge >= 0.3 is 0 Å². The summed E-state index contributed by atoms with van der Waals surface area (Å²) >= 11 is 0. The summed E-state index contributed by atoms with van der Waals surface area (Å²) in [4.78, 5) is 0. The quantitative estimate of drug-likeness (QED) is 0.225. The van der Waals surface area contributed by atoms with Crippen molar-refractivity contribution in [3.8, 4) is 11.3 Å². The molecule has 0 atom stereocenters. The number of fused-ring (bicyclic) bond motifs is 6. The minimum atomic E-state index is 0.0821. The van der Waals surface area contributed by atoms with Crippen LogP contribution in [0.5, 0.6) is 0 Å². The lowest BCUT2D eigenvalue weighted by atomic mass is 9.63. The van der Waals surface area contributed by atoms with Gasteiger partial charge in [0.15, 0.2) is 6.20 Å². The smallest absolute Gasteiger partial charge is 0.224 e. The highest BCUT2D eigenvalue weighted by molar-refractivity contribution is 6.14. The van der Waals surface area contributed by atoms with E-state index in [-0.39, 0.29) is 10.8 Å². The highest BCUT2D eigenvalue weighted by Crippen LogP contribution is 2.51. The molecule has 0 N–H and O–H groups in total. The molecule has 0 bridgehead atoms. The molecule has 3 aromatic carbocycles. The van der Waals surface area contributed by atoms with Crippen molar-refractivity contribution in [3.63, 3.8) is 0 Å². The number of aryl methyl sites for hydroxylation is 3. The van der Waals surface area contributed by atoms with Crippen molar-refractivity contribution in [2.75, 3.05) is 0 Å². The second-order valence-corrected chi connectivity index (χ2v) is 13.1. The van der Waals surface area contributed by atoms with Crippen molar-refractivity contribution in [2.45, 2.75) is 85.0 Å². The molecule has 2 aromatic heterocycles. The highest BCUT2D eigenvalue weighted by Gasteiger charge is 2.40. The molecule has 0 fully saturated rings. The van der Waals surface area contributed by atoms with Gasteiger partial charge in [0, 0.05) is 22.4 Å². The first-order chi connectivity index (χ1) is 17.4. The molecule has 0 spiro atoms. The molecule has 0 aliphatic heterocycles. The van der Waals surface area contributed by atoms with Crippen molar-refractivity contribution in [3.05, 3.63) is 76.5 Å². The molecular formula is C35H40NO+. The average molecular weight is 491 g/mol. The van der Waals surface area contributed by atoms with Crippen molar-refractivity contribution < 1.29 is 8.98 Å². The Balaban J connectivity index is 1.76. The van der Waals surface area contributed by atoms with Gasteiger partial charge in [0.05, 0.1) is 10.9 Å². The van der Waals surface area contributed by atoms with Gasteiger partial charge < -0.3 is 4.42 Å². The predicted molar refractivity (Wildman–Crippen MR) is 157 cm³/mol. The van der Waals surface area contributed by atoms with Gasteiger partial charge in [0.2, 0.25) is 5.69 Å². The fraction of sp³-hybridized carbons (Fsp3) is 0.400. The number of nitrogens with zero attached hydrogens (tertiary/aromatic N) is 1. The molecule has 0 unspecified atom stereocenters. The van der Waals surface area contributed by atoms with Crippen LogP contribution in [0, 0.1) is 13.8 Å². The Labute approximate surface area is 221 Å². The molecule has 0 amide bonds. The van der Waals surface area contributed by atoms with E-state index in [0.29, 0.717) is 5.92 Å². The molecule has 1 aliphatic rings. The van der Waals surface area contributed by atoms with Gasteiger partial charge in [-0.05, 0) is 77.1 Å². The summed E-state index contributed by atoms with van der Waals surface area (Å²) in [6.07, 6.45) is 4.57. The zero-order valence-corrected chi connectivity index (χ0v) is 24.0. The maximum Gasteiger partial charge on any atom is 0.224 e. The van der Waals surface area contributed by atoms with E-state index in [1.165, 1.54) is 73.5 Å². The van der Waals surface area contributed by atoms with Gasteiger partial charge in [-0.1, -0.05) is 71.9 Å². The van der Waals surface area contributed by atoms with Crippen molar-refractivity contribution in [1.29, 1.82) is 0 Å². The maximum absolute atomic E-state index is 7.08. The standard InChI is InChI=1S/C35H40NO/c1-20(2)23-10-11-25-24(19-23)14-17-36(9)31(25)29-22(4)18-21(3)28-26-12-13-27-30(32(26)37-33(28)29)35(7,8)16-15-34(27,5)6/h10-14,17-20H,15-16H2,1-9H3/q+1. The number of furan rings is 1. The number of benzene rings is 3. The van der Waals surface area contributed by atoms with Crippen molar-refractivity contribution >= 4 is 32.7 Å². The van der Waals surface area contributed by atoms with Crippen molar-refractivity contribution in [2.24, 2.45) is 7.05 Å². The molecule has 6 rings (SSSR count). The first-order valence-corrected chi connectivity index (χ1v) is 13.8. The molecule has 2 heteroatoms. The topological polar surface area (TPSA) is 17.0 Å². The van der Waals surface area contributed by atoms with Crippen LogP contribution < -0.4 is 4.57 Å². The average Bonchev–Trinajstić information content (AvgIpc) is 3.22. The third kappa shape index (κ3) is 3.48. The van der Waals surface area contributed by atoms with Crippen LogP contribution in [0.25, 0.3) is 44.0 Å². The molecule has 0 radical (unpaired) electrons. The lowest BCUT2D eigenvalue weighted by Gasteiger charge is -2.41. The molecule has 190 valence electrons. The summed E-state index contributed by atoms with van der Waals surface area (Å²) in [5.41, 5.74) is 11.6. The van der Waals surface area contributed by atoms with Gasteiger partial charge in [0.1, 0.15) is 18.2 Å². The summed E-state index contributed by atoms with van der Waals surface area (Å²) in [5.74, 6) is 0.503. The minimum absolute atomic E-state index is 0.0821. The molecular weight excluding hydrogens is 450 g/mol. The van der Waals surface area contributed by atoms with Gasteiger partial charge in [-0.2, -0.15) is 0 Å². The van der Waals surface area contributed by atoms with Crippen LogP contribution in [0.1, 0.15) is 88.1 Å². The second kappa shape index (κ2) is 7.93. The SMILES string of the molecule is Cc1cc(C)c2c(oc3c4c(ccc32)C(C)(C)CCC4(C)C)c1-c1c2ccc(C(C)C)cc2cc[n+]1C. The zero-order valence-electron chi connectivity index (χ0n) is 24.0. The zero-order chi connectivity index (χ0) is 26.4. The van der Waals surface area contributed by atoms with E-state index in [4.69, 9.17) is 4.42 Å². The van der Waals surface area contributed by atoms with Gasteiger partial charge in [0.25, 0.3) is 0 Å². The van der Waals surface area contributed by atoms with Crippen LogP contribution in [-0.2, 0) is 17.9 Å². The number of hydrogen-bond acceptors (Lipinski definition) is 1. The van der Waals surface area contributed by atoms with Gasteiger partial charge in [-0.15, -0.1) is 0 Å². The summed E-state index contributed by atoms with van der Waals surface area (Å²) in [7, 11) is 2.16. The third-order valence-electron chi connectivity index (χ3n) is 9.15. The Kier molecular flexibility index (Phi) is 5.19. The number of hydrogen-bond donors (Lipinski definition) is 0. The molecule has 0 saturated heterocycles. The van der Waals surface area contributed by atoms with Crippen molar-refractivity contribution in [1.82, 2.24) is 0 Å². The first kappa shape index (κ1) is 24.2. The van der Waals surface area contributed by atoms with E-state index in [1.807, 2.05) is 0 Å². The van der Waals surface area contributed by atoms with Crippen LogP contribution in [0.2, 0.25) is 0 Å². The van der Waals surface area contributed by atoms with Crippen LogP contribution in [0.15, 0.2) is 53.1 Å². The van der Waals surface area contributed by atoms with E-state index >= 15 is 0 Å². The Morgan fingerprint density at radius 2 is 1.51 bits per heavy atom. The molecule has 5 aromatic rings. The third-order valence-corrected chi connectivity index (χ3v) is 9.15. The first-order valence-electron chi connectivity index (χ1n) is 13.8. The number of aromatic nitrogens is 1. The van der Waals surface area contributed by atoms with Crippen LogP contribution >= 0.6 is 0 Å². The fourth-order valence-electron chi connectivity index (χ4n) is 6.85. The Hall–Kier alpha value is -3.13. The van der Waals surface area contributed by atoms with E-state index < -0.39 is 0 Å². The Morgan fingerprint density at radius 3 is 2.24 bits per heavy atom. The van der Waals surface area contributed by atoms with Crippen LogP contribution in [-0.4, -0.2) is 0 Å². The van der Waals surface area contributed by atoms with E-state index in [1.54, 1.807) is 0 Å². The Morgan fingerprint density at radius 1 is 0.811 bits per heavy atom. The van der Waals surface area contributed by atoms with Gasteiger partial charge in [-0.25, -0.2) is 4.57 Å². The Bertz CT molecular complexity index is 1730. The lowest BCUT2D eigenvalue weighted by molar-refractivity contribution is -0.659. The predicted octanol–water partition coefficient (Wildman–Crippen LogP) is 9.32. The lowest BCUT2D eigenvalue weighted by Crippen LogP contribution is -2.33. The van der Waals surface area contributed by atoms with Crippen LogP contribution in [0.4, 0.5) is 0 Å². The largest absolute Gasteiger partial charge is 0.455 e. The van der Waals surface area contributed by atoms with E-state index in [0.717, 1.165) is 11.2 Å². The monoisotopic (exact) mass is 490 g/mol. The molecule has 37 heavy (non-hydrogen) atoms. The molecule has 1 aliphatic carbocycles. The number of pyridine rings is 1. The summed E-state index contributed by atoms with van der Waals surface area (Å²) in [5, 5.41) is 5.06. The molecule has 2 nitrogen and oxygen atoms in total. The van der Waals surface area contributed by atoms with Crippen LogP contribution in [0.3, 0.4) is 0 Å². The summed E-state index contributed by atoms with van der Waals surface area (Å²) in [6.45, 7) is 18.6. The number of rotatable bonds is 2. The summed E-state index contributed by atoms with van der Waals surface area (Å²) in [6, 6.07) is 16.3. The fourth-order valence-corrected chi connectivity index (χ4v) is 6.85. The second-order valence-electron chi connectivity index (χ2n) is 13.1. The normalized spacial score (nSPS) is 16.7. The molecule has 0 saturated carbocycles. The maximum atomic E-state index is 7.08. The van der Waals surface area contributed by atoms with E-state index in [9.17, 15) is 0 Å². The van der Waals surface area contributed by atoms with Gasteiger partial charge in [-0.3, -0.25) is 0 Å². The minimum Gasteiger partial charge on any atom is -0.455 e. The van der Waals surface area contributed by atoms with E-state index in [2.05, 4.69) is 116 Å². The molecule has 2 heterocycles. The highest BCUT2D eigenvalue weighted by atomic mass is 16.3.